The maximum atomic E-state index is 12.2. The third-order valence-electron chi connectivity index (χ3n) is 4.36. The Morgan fingerprint density at radius 3 is 2.92 bits per heavy atom. The van der Waals surface area contributed by atoms with Crippen molar-refractivity contribution in [2.45, 2.75) is 70.4 Å². The lowest BCUT2D eigenvalue weighted by Gasteiger charge is -2.13. The van der Waals surface area contributed by atoms with Gasteiger partial charge in [0, 0.05) is 16.3 Å². The van der Waals surface area contributed by atoms with Crippen LogP contribution in [0, 0.1) is 6.92 Å². The van der Waals surface area contributed by atoms with E-state index in [1.165, 1.54) is 28.7 Å². The maximum Gasteiger partial charge on any atom is 0.230 e. The number of hydrogen-bond acceptors (Lipinski definition) is 5. The molecule has 1 amide bonds. The van der Waals surface area contributed by atoms with Crippen LogP contribution in [0.5, 0.6) is 0 Å². The van der Waals surface area contributed by atoms with Crippen molar-refractivity contribution in [2.75, 3.05) is 5.75 Å². The Labute approximate surface area is 151 Å². The average molecular weight is 364 g/mol. The summed E-state index contributed by atoms with van der Waals surface area (Å²) in [6.07, 6.45) is 6.90. The van der Waals surface area contributed by atoms with Crippen LogP contribution in [0.4, 0.5) is 0 Å². The van der Waals surface area contributed by atoms with Crippen molar-refractivity contribution < 1.29 is 4.79 Å². The standard InChI is InChI=1S/C18H25N3OS2/c1-4-7-11(2)19-15(22)10-23-17-16-13-8-5-6-9-14(13)24-18(16)21-12(3)20-17/h11H,4-10H2,1-3H3,(H,19,22). The van der Waals surface area contributed by atoms with E-state index in [0.717, 1.165) is 41.4 Å². The largest absolute Gasteiger partial charge is 0.353 e. The minimum Gasteiger partial charge on any atom is -0.353 e. The first-order valence-electron chi connectivity index (χ1n) is 8.79. The highest BCUT2D eigenvalue weighted by molar-refractivity contribution is 8.00. The summed E-state index contributed by atoms with van der Waals surface area (Å²) < 4.78 is 0. The van der Waals surface area contributed by atoms with Crippen molar-refractivity contribution in [1.29, 1.82) is 0 Å². The summed E-state index contributed by atoms with van der Waals surface area (Å²) in [6, 6.07) is 0.240. The first-order chi connectivity index (χ1) is 11.6. The number of carbonyl (C=O) groups excluding carboxylic acids is 1. The van der Waals surface area contributed by atoms with Gasteiger partial charge in [0.2, 0.25) is 5.91 Å². The molecule has 1 aliphatic rings. The highest BCUT2D eigenvalue weighted by atomic mass is 32.2. The van der Waals surface area contributed by atoms with Gasteiger partial charge < -0.3 is 5.32 Å². The monoisotopic (exact) mass is 363 g/mol. The van der Waals surface area contributed by atoms with Crippen LogP contribution in [0.3, 0.4) is 0 Å². The fourth-order valence-corrected chi connectivity index (χ4v) is 5.57. The molecule has 0 fully saturated rings. The van der Waals surface area contributed by atoms with Gasteiger partial charge in [-0.3, -0.25) is 4.79 Å². The minimum atomic E-state index is 0.0921. The van der Waals surface area contributed by atoms with Crippen molar-refractivity contribution in [1.82, 2.24) is 15.3 Å². The van der Waals surface area contributed by atoms with Crippen molar-refractivity contribution in [3.8, 4) is 0 Å². The van der Waals surface area contributed by atoms with E-state index in [4.69, 9.17) is 0 Å². The highest BCUT2D eigenvalue weighted by Gasteiger charge is 2.21. The van der Waals surface area contributed by atoms with Crippen LogP contribution in [0.2, 0.25) is 0 Å². The molecule has 1 N–H and O–H groups in total. The van der Waals surface area contributed by atoms with E-state index in [1.54, 1.807) is 11.8 Å². The van der Waals surface area contributed by atoms with Crippen LogP contribution >= 0.6 is 23.1 Å². The van der Waals surface area contributed by atoms with Gasteiger partial charge in [0.25, 0.3) is 0 Å². The zero-order valence-corrected chi connectivity index (χ0v) is 16.3. The molecule has 6 heteroatoms. The number of amides is 1. The highest BCUT2D eigenvalue weighted by Crippen LogP contribution is 2.39. The third-order valence-corrected chi connectivity index (χ3v) is 6.52. The van der Waals surface area contributed by atoms with Gasteiger partial charge >= 0.3 is 0 Å². The molecule has 0 saturated heterocycles. The lowest BCUT2D eigenvalue weighted by Crippen LogP contribution is -2.33. The number of carbonyl (C=O) groups is 1. The van der Waals surface area contributed by atoms with Gasteiger partial charge in [0.1, 0.15) is 15.7 Å². The number of nitrogens with zero attached hydrogens (tertiary/aromatic N) is 2. The number of fused-ring (bicyclic) bond motifs is 3. The Morgan fingerprint density at radius 2 is 2.12 bits per heavy atom. The zero-order valence-electron chi connectivity index (χ0n) is 14.6. The fraction of sp³-hybridized carbons (Fsp3) is 0.611. The van der Waals surface area contributed by atoms with E-state index < -0.39 is 0 Å². The Balaban J connectivity index is 1.79. The number of nitrogens with one attached hydrogen (secondary N) is 1. The molecule has 2 aromatic rings. The van der Waals surface area contributed by atoms with E-state index in [0.29, 0.717) is 5.75 Å². The molecule has 0 spiro atoms. The summed E-state index contributed by atoms with van der Waals surface area (Å²) in [7, 11) is 0. The van der Waals surface area contributed by atoms with E-state index in [9.17, 15) is 4.79 Å². The first-order valence-corrected chi connectivity index (χ1v) is 10.6. The van der Waals surface area contributed by atoms with Gasteiger partial charge in [0.15, 0.2) is 0 Å². The van der Waals surface area contributed by atoms with Crippen LogP contribution < -0.4 is 5.32 Å². The van der Waals surface area contributed by atoms with E-state index in [1.807, 2.05) is 18.3 Å². The molecule has 24 heavy (non-hydrogen) atoms. The number of rotatable bonds is 6. The summed E-state index contributed by atoms with van der Waals surface area (Å²) >= 11 is 3.37. The van der Waals surface area contributed by atoms with E-state index >= 15 is 0 Å². The lowest BCUT2D eigenvalue weighted by atomic mass is 9.97. The normalized spacial score (nSPS) is 15.3. The molecule has 1 unspecified atom stereocenters. The topological polar surface area (TPSA) is 54.9 Å². The van der Waals surface area contributed by atoms with Crippen LogP contribution in [0.1, 0.15) is 55.8 Å². The molecule has 1 atom stereocenters. The van der Waals surface area contributed by atoms with Crippen molar-refractivity contribution in [3.05, 3.63) is 16.3 Å². The molecule has 0 bridgehead atoms. The van der Waals surface area contributed by atoms with E-state index in [2.05, 4.69) is 29.1 Å². The van der Waals surface area contributed by atoms with Gasteiger partial charge in [0.05, 0.1) is 5.75 Å². The smallest absolute Gasteiger partial charge is 0.230 e. The zero-order chi connectivity index (χ0) is 17.1. The first kappa shape index (κ1) is 17.7. The van der Waals surface area contributed by atoms with Gasteiger partial charge in [-0.2, -0.15) is 0 Å². The third kappa shape index (κ3) is 3.91. The summed E-state index contributed by atoms with van der Waals surface area (Å²) in [5.74, 6) is 1.31. The molecule has 3 rings (SSSR count). The molecule has 130 valence electrons. The SMILES string of the molecule is CCCC(C)NC(=O)CSc1nc(C)nc2sc3c(c12)CCCC3. The number of hydrogen-bond donors (Lipinski definition) is 1. The van der Waals surface area contributed by atoms with Crippen LogP contribution in [0.25, 0.3) is 10.2 Å². The summed E-state index contributed by atoms with van der Waals surface area (Å²) in [6.45, 7) is 6.14. The minimum absolute atomic E-state index is 0.0921. The molecular formula is C18H25N3OS2. The molecule has 0 saturated carbocycles. The van der Waals surface area contributed by atoms with Crippen LogP contribution in [-0.2, 0) is 17.6 Å². The predicted molar refractivity (Wildman–Crippen MR) is 102 cm³/mol. The van der Waals surface area contributed by atoms with Crippen molar-refractivity contribution in [2.24, 2.45) is 0 Å². The molecule has 4 nitrogen and oxygen atoms in total. The quantitative estimate of drug-likeness (QED) is 0.615. The fourth-order valence-electron chi connectivity index (χ4n) is 3.29. The van der Waals surface area contributed by atoms with Gasteiger partial charge in [-0.15, -0.1) is 11.3 Å². The molecule has 1 aliphatic carbocycles. The van der Waals surface area contributed by atoms with Crippen LogP contribution in [-0.4, -0.2) is 27.7 Å². The average Bonchev–Trinajstić information content (AvgIpc) is 2.90. The molecule has 0 radical (unpaired) electrons. The number of thiophene rings is 1. The van der Waals surface area contributed by atoms with E-state index in [-0.39, 0.29) is 11.9 Å². The van der Waals surface area contributed by atoms with Gasteiger partial charge in [-0.05, 0) is 51.5 Å². The second kappa shape index (κ2) is 7.83. The lowest BCUT2D eigenvalue weighted by molar-refractivity contribution is -0.119. The summed E-state index contributed by atoms with van der Waals surface area (Å²) in [5, 5.41) is 5.26. The molecule has 0 aromatic carbocycles. The predicted octanol–water partition coefficient (Wildman–Crippen LogP) is 4.28. The second-order valence-electron chi connectivity index (χ2n) is 6.51. The Bertz CT molecular complexity index is 741. The molecule has 2 heterocycles. The van der Waals surface area contributed by atoms with Crippen molar-refractivity contribution in [3.63, 3.8) is 0 Å². The van der Waals surface area contributed by atoms with Gasteiger partial charge in [-0.1, -0.05) is 25.1 Å². The Morgan fingerprint density at radius 1 is 1.33 bits per heavy atom. The Kier molecular flexibility index (Phi) is 5.76. The Hall–Kier alpha value is -1.14. The second-order valence-corrected chi connectivity index (χ2v) is 8.56. The summed E-state index contributed by atoms with van der Waals surface area (Å²) in [4.78, 5) is 24.0. The molecular weight excluding hydrogens is 338 g/mol. The number of aromatic nitrogens is 2. The summed E-state index contributed by atoms with van der Waals surface area (Å²) in [5.41, 5.74) is 1.43. The van der Waals surface area contributed by atoms with Crippen molar-refractivity contribution >= 4 is 39.2 Å². The number of thioether (sulfide) groups is 1. The molecule has 0 aliphatic heterocycles. The maximum absolute atomic E-state index is 12.2. The van der Waals surface area contributed by atoms with Crippen LogP contribution in [0.15, 0.2) is 5.03 Å². The van der Waals surface area contributed by atoms with Gasteiger partial charge in [-0.25, -0.2) is 9.97 Å². The molecule has 2 aromatic heterocycles. The number of aryl methyl sites for hydroxylation is 3.